The molecule has 0 bridgehead atoms. The van der Waals surface area contributed by atoms with Gasteiger partial charge in [0.25, 0.3) is 0 Å². The van der Waals surface area contributed by atoms with Crippen LogP contribution in [0.2, 0.25) is 0 Å². The van der Waals surface area contributed by atoms with Crippen molar-refractivity contribution in [3.63, 3.8) is 0 Å². The van der Waals surface area contributed by atoms with Crippen LogP contribution in [-0.2, 0) is 6.54 Å². The topological polar surface area (TPSA) is 64.9 Å². The summed E-state index contributed by atoms with van der Waals surface area (Å²) < 4.78 is 0. The third-order valence-corrected chi connectivity index (χ3v) is 1.04. The Balaban J connectivity index is 0. The molecular weight excluding hydrogens is 185 g/mol. The lowest BCUT2D eigenvalue weighted by atomic mass is 10.3. The van der Waals surface area contributed by atoms with Gasteiger partial charge in [-0.2, -0.15) is 0 Å². The molecule has 1 aromatic heterocycles. The average molecular weight is 196 g/mol. The van der Waals surface area contributed by atoms with Crippen LogP contribution in [0.25, 0.3) is 0 Å². The lowest BCUT2D eigenvalue weighted by molar-refractivity contribution is 0.995. The van der Waals surface area contributed by atoms with Crippen LogP contribution < -0.4 is 11.5 Å². The molecule has 5 heteroatoms. The molecule has 1 rings (SSSR count). The standard InChI is InChI=1S/C6H9N3.2ClH/c7-4-5-2-1-3-6(8)9-5;;/h1-3H,4,7H2,(H2,8,9);2*1H. The number of nitrogen functional groups attached to an aromatic ring is 1. The minimum Gasteiger partial charge on any atom is -0.384 e. The molecule has 0 atom stereocenters. The number of rotatable bonds is 1. The summed E-state index contributed by atoms with van der Waals surface area (Å²) >= 11 is 0. The number of halogens is 2. The lowest BCUT2D eigenvalue weighted by Gasteiger charge is -1.94. The number of pyridine rings is 1. The van der Waals surface area contributed by atoms with Crippen molar-refractivity contribution in [2.24, 2.45) is 5.73 Å². The van der Waals surface area contributed by atoms with E-state index in [1.807, 2.05) is 12.1 Å². The second-order valence-corrected chi connectivity index (χ2v) is 1.76. The summed E-state index contributed by atoms with van der Waals surface area (Å²) in [5.74, 6) is 0.526. The van der Waals surface area contributed by atoms with Crippen LogP contribution in [-0.4, -0.2) is 4.98 Å². The van der Waals surface area contributed by atoms with Crippen LogP contribution in [0.5, 0.6) is 0 Å². The van der Waals surface area contributed by atoms with Gasteiger partial charge >= 0.3 is 0 Å². The number of nitrogens with two attached hydrogens (primary N) is 2. The van der Waals surface area contributed by atoms with E-state index in [1.54, 1.807) is 6.07 Å². The first-order valence-corrected chi connectivity index (χ1v) is 2.74. The van der Waals surface area contributed by atoms with Gasteiger partial charge in [0.1, 0.15) is 5.82 Å². The zero-order valence-corrected chi connectivity index (χ0v) is 7.49. The summed E-state index contributed by atoms with van der Waals surface area (Å²) in [7, 11) is 0. The molecule has 0 spiro atoms. The highest BCUT2D eigenvalue weighted by atomic mass is 35.5. The van der Waals surface area contributed by atoms with Gasteiger partial charge in [-0.15, -0.1) is 24.8 Å². The van der Waals surface area contributed by atoms with Gasteiger partial charge in [0.15, 0.2) is 0 Å². The van der Waals surface area contributed by atoms with Crippen molar-refractivity contribution >= 4 is 30.6 Å². The highest BCUT2D eigenvalue weighted by molar-refractivity contribution is 5.85. The van der Waals surface area contributed by atoms with E-state index in [-0.39, 0.29) is 24.8 Å². The molecule has 3 nitrogen and oxygen atoms in total. The SMILES string of the molecule is Cl.Cl.NCc1cccc(N)n1. The van der Waals surface area contributed by atoms with Gasteiger partial charge in [0, 0.05) is 6.54 Å². The van der Waals surface area contributed by atoms with Gasteiger partial charge in [-0.25, -0.2) is 4.98 Å². The molecule has 4 N–H and O–H groups in total. The van der Waals surface area contributed by atoms with Gasteiger partial charge in [-0.05, 0) is 12.1 Å². The first-order chi connectivity index (χ1) is 4.33. The first-order valence-electron chi connectivity index (χ1n) is 2.74. The average Bonchev–Trinajstić information content (AvgIpc) is 1.88. The Bertz CT molecular complexity index is 205. The maximum Gasteiger partial charge on any atom is 0.123 e. The van der Waals surface area contributed by atoms with Gasteiger partial charge in [-0.1, -0.05) is 6.07 Å². The maximum absolute atomic E-state index is 5.37. The predicted octanol–water partition coefficient (Wildman–Crippen LogP) is 0.966. The summed E-state index contributed by atoms with van der Waals surface area (Å²) in [5.41, 5.74) is 11.5. The molecule has 0 fully saturated rings. The van der Waals surface area contributed by atoms with Crippen LogP contribution >= 0.6 is 24.8 Å². The van der Waals surface area contributed by atoms with Crippen molar-refractivity contribution in [1.82, 2.24) is 4.98 Å². The fraction of sp³-hybridized carbons (Fsp3) is 0.167. The molecule has 0 saturated carbocycles. The van der Waals surface area contributed by atoms with Crippen LogP contribution in [0.3, 0.4) is 0 Å². The van der Waals surface area contributed by atoms with Gasteiger partial charge in [0.05, 0.1) is 5.69 Å². The third-order valence-electron chi connectivity index (χ3n) is 1.04. The lowest BCUT2D eigenvalue weighted by Crippen LogP contribution is -2.00. The minimum absolute atomic E-state index is 0. The first kappa shape index (κ1) is 13.1. The van der Waals surface area contributed by atoms with Crippen LogP contribution in [0.1, 0.15) is 5.69 Å². The molecule has 11 heavy (non-hydrogen) atoms. The Kier molecular flexibility index (Phi) is 7.41. The molecule has 64 valence electrons. The van der Waals surface area contributed by atoms with E-state index in [0.717, 1.165) is 5.69 Å². The van der Waals surface area contributed by atoms with E-state index >= 15 is 0 Å². The highest BCUT2D eigenvalue weighted by Gasteiger charge is 1.88. The molecule has 0 aromatic carbocycles. The molecule has 1 aromatic rings. The largest absolute Gasteiger partial charge is 0.384 e. The van der Waals surface area contributed by atoms with Gasteiger partial charge in [0.2, 0.25) is 0 Å². The molecule has 0 amide bonds. The molecule has 1 heterocycles. The normalized spacial score (nSPS) is 7.73. The van der Waals surface area contributed by atoms with Crippen molar-refractivity contribution in [2.75, 3.05) is 5.73 Å². The maximum atomic E-state index is 5.37. The van der Waals surface area contributed by atoms with Crippen molar-refractivity contribution in [3.05, 3.63) is 23.9 Å². The molecule has 0 aliphatic heterocycles. The van der Waals surface area contributed by atoms with E-state index in [9.17, 15) is 0 Å². The van der Waals surface area contributed by atoms with Crippen LogP contribution in [0.4, 0.5) is 5.82 Å². The van der Waals surface area contributed by atoms with Crippen molar-refractivity contribution < 1.29 is 0 Å². The van der Waals surface area contributed by atoms with Crippen molar-refractivity contribution in [2.45, 2.75) is 6.54 Å². The summed E-state index contributed by atoms with van der Waals surface area (Å²) in [4.78, 5) is 3.94. The van der Waals surface area contributed by atoms with Crippen molar-refractivity contribution in [3.8, 4) is 0 Å². The summed E-state index contributed by atoms with van der Waals surface area (Å²) in [6, 6.07) is 5.42. The summed E-state index contributed by atoms with van der Waals surface area (Å²) in [5, 5.41) is 0. The predicted molar refractivity (Wildman–Crippen MR) is 51.0 cm³/mol. The van der Waals surface area contributed by atoms with E-state index in [1.165, 1.54) is 0 Å². The number of aromatic nitrogens is 1. The number of hydrogen-bond acceptors (Lipinski definition) is 3. The number of hydrogen-bond donors (Lipinski definition) is 2. The van der Waals surface area contributed by atoms with E-state index in [4.69, 9.17) is 11.5 Å². The van der Waals surface area contributed by atoms with E-state index in [2.05, 4.69) is 4.98 Å². The Morgan fingerprint density at radius 1 is 1.27 bits per heavy atom. The molecule has 0 aliphatic rings. The van der Waals surface area contributed by atoms with Crippen LogP contribution in [0, 0.1) is 0 Å². The van der Waals surface area contributed by atoms with E-state index < -0.39 is 0 Å². The summed E-state index contributed by atoms with van der Waals surface area (Å²) in [6.45, 7) is 0.449. The second kappa shape index (κ2) is 6.22. The Labute approximate surface area is 78.0 Å². The van der Waals surface area contributed by atoms with Gasteiger partial charge in [-0.3, -0.25) is 0 Å². The smallest absolute Gasteiger partial charge is 0.123 e. The molecule has 0 radical (unpaired) electrons. The van der Waals surface area contributed by atoms with Gasteiger partial charge < -0.3 is 11.5 Å². The Hall–Kier alpha value is -0.510. The molecular formula is C6H11Cl2N3. The highest BCUT2D eigenvalue weighted by Crippen LogP contribution is 1.97. The quantitative estimate of drug-likeness (QED) is 0.703. The zero-order chi connectivity index (χ0) is 6.69. The fourth-order valence-corrected chi connectivity index (χ4v) is 0.612. The minimum atomic E-state index is 0. The third kappa shape index (κ3) is 4.03. The van der Waals surface area contributed by atoms with E-state index in [0.29, 0.717) is 12.4 Å². The number of nitrogens with zero attached hydrogens (tertiary/aromatic N) is 1. The molecule has 0 saturated heterocycles. The summed E-state index contributed by atoms with van der Waals surface area (Å²) in [6.07, 6.45) is 0. The van der Waals surface area contributed by atoms with Crippen LogP contribution in [0.15, 0.2) is 18.2 Å². The zero-order valence-electron chi connectivity index (χ0n) is 5.86. The Morgan fingerprint density at radius 2 is 1.91 bits per heavy atom. The monoisotopic (exact) mass is 195 g/mol. The number of anilines is 1. The second-order valence-electron chi connectivity index (χ2n) is 1.76. The molecule has 0 aliphatic carbocycles. The van der Waals surface area contributed by atoms with Crippen molar-refractivity contribution in [1.29, 1.82) is 0 Å². The molecule has 0 unspecified atom stereocenters. The Morgan fingerprint density at radius 3 is 2.27 bits per heavy atom. The fourth-order valence-electron chi connectivity index (χ4n) is 0.612.